The number of sulfonamides is 1. The minimum absolute atomic E-state index is 0.0125. The van der Waals surface area contributed by atoms with Gasteiger partial charge in [-0.1, -0.05) is 6.92 Å². The van der Waals surface area contributed by atoms with Crippen molar-refractivity contribution >= 4 is 16.0 Å². The average Bonchev–Trinajstić information content (AvgIpc) is 2.35. The summed E-state index contributed by atoms with van der Waals surface area (Å²) in [7, 11) is -2.38. The molecule has 1 rings (SSSR count). The van der Waals surface area contributed by atoms with Crippen LogP contribution in [0.2, 0.25) is 0 Å². The molecule has 0 bridgehead atoms. The zero-order valence-corrected chi connectivity index (χ0v) is 11.0. The van der Waals surface area contributed by atoms with E-state index in [1.807, 2.05) is 6.92 Å². The molecule has 0 aliphatic carbocycles. The first-order valence-electron chi connectivity index (χ1n) is 5.33. The van der Waals surface area contributed by atoms with Gasteiger partial charge in [0.05, 0.1) is 12.7 Å². The van der Waals surface area contributed by atoms with Gasteiger partial charge in [0.25, 0.3) is 0 Å². The Morgan fingerprint density at radius 1 is 1.44 bits per heavy atom. The predicted molar refractivity (Wildman–Crippen MR) is 65.4 cm³/mol. The van der Waals surface area contributed by atoms with Crippen LogP contribution in [-0.2, 0) is 10.0 Å². The number of ether oxygens (including phenoxy) is 1. The van der Waals surface area contributed by atoms with Crippen molar-refractivity contribution < 1.29 is 23.1 Å². The summed E-state index contributed by atoms with van der Waals surface area (Å²) in [6, 6.07) is 3.63. The van der Waals surface area contributed by atoms with Crippen molar-refractivity contribution in [1.29, 1.82) is 0 Å². The molecule has 0 aromatic heterocycles. The highest BCUT2D eigenvalue weighted by Gasteiger charge is 2.20. The lowest BCUT2D eigenvalue weighted by molar-refractivity contribution is 0.0696. The molecule has 0 aliphatic rings. The molecule has 1 aromatic carbocycles. The highest BCUT2D eigenvalue weighted by molar-refractivity contribution is 7.89. The van der Waals surface area contributed by atoms with E-state index in [2.05, 4.69) is 4.72 Å². The highest BCUT2D eigenvalue weighted by atomic mass is 32.2. The minimum Gasteiger partial charge on any atom is -0.495 e. The third-order valence-corrected chi connectivity index (χ3v) is 3.74. The molecule has 18 heavy (non-hydrogen) atoms. The summed E-state index contributed by atoms with van der Waals surface area (Å²) in [4.78, 5) is 10.7. The van der Waals surface area contributed by atoms with Gasteiger partial charge in [0.15, 0.2) is 0 Å². The number of carbonyl (C=O) groups is 1. The van der Waals surface area contributed by atoms with Gasteiger partial charge < -0.3 is 9.84 Å². The Bertz CT molecular complexity index is 538. The Kier molecular flexibility index (Phi) is 4.69. The molecule has 0 radical (unpaired) electrons. The fourth-order valence-electron chi connectivity index (χ4n) is 1.34. The zero-order chi connectivity index (χ0) is 13.8. The molecule has 0 spiro atoms. The molecule has 6 nitrogen and oxygen atoms in total. The summed E-state index contributed by atoms with van der Waals surface area (Å²) < 4.78 is 31.1. The Labute approximate surface area is 106 Å². The maximum Gasteiger partial charge on any atom is 0.335 e. The van der Waals surface area contributed by atoms with Crippen molar-refractivity contribution in [3.63, 3.8) is 0 Å². The third-order valence-electron chi connectivity index (χ3n) is 2.24. The monoisotopic (exact) mass is 273 g/mol. The third kappa shape index (κ3) is 3.21. The van der Waals surface area contributed by atoms with Gasteiger partial charge in [0.1, 0.15) is 10.6 Å². The lowest BCUT2D eigenvalue weighted by Gasteiger charge is -2.10. The number of nitrogens with one attached hydrogen (secondary N) is 1. The molecule has 100 valence electrons. The molecular formula is C11H15NO5S. The van der Waals surface area contributed by atoms with Gasteiger partial charge in [0.2, 0.25) is 10.0 Å². The van der Waals surface area contributed by atoms with E-state index in [1.165, 1.54) is 25.3 Å². The van der Waals surface area contributed by atoms with E-state index in [-0.39, 0.29) is 16.2 Å². The number of methoxy groups -OCH3 is 1. The van der Waals surface area contributed by atoms with Gasteiger partial charge in [-0.2, -0.15) is 0 Å². The predicted octanol–water partition coefficient (Wildman–Crippen LogP) is 1.08. The van der Waals surface area contributed by atoms with Crippen LogP contribution < -0.4 is 9.46 Å². The number of rotatable bonds is 6. The smallest absolute Gasteiger partial charge is 0.335 e. The standard InChI is InChI=1S/C11H15NO5S/c1-3-6-12-18(15,16)10-5-4-8(11(13)14)7-9(10)17-2/h4-5,7,12H,3,6H2,1-2H3,(H,13,14). The molecule has 0 heterocycles. The molecule has 0 fully saturated rings. The molecule has 0 saturated carbocycles. The van der Waals surface area contributed by atoms with Crippen LogP contribution in [0.4, 0.5) is 0 Å². The van der Waals surface area contributed by atoms with Crippen molar-refractivity contribution in [1.82, 2.24) is 4.72 Å². The van der Waals surface area contributed by atoms with E-state index in [1.54, 1.807) is 0 Å². The number of hydrogen-bond acceptors (Lipinski definition) is 4. The second-order valence-electron chi connectivity index (χ2n) is 3.57. The second-order valence-corrected chi connectivity index (χ2v) is 5.30. The molecule has 0 saturated heterocycles. The number of benzene rings is 1. The van der Waals surface area contributed by atoms with E-state index in [0.29, 0.717) is 13.0 Å². The van der Waals surface area contributed by atoms with Crippen molar-refractivity contribution in [2.45, 2.75) is 18.2 Å². The van der Waals surface area contributed by atoms with Gasteiger partial charge >= 0.3 is 5.97 Å². The number of hydrogen-bond donors (Lipinski definition) is 2. The van der Waals surface area contributed by atoms with Crippen LogP contribution in [0.5, 0.6) is 5.75 Å². The number of carboxylic acids is 1. The molecule has 0 atom stereocenters. The van der Waals surface area contributed by atoms with Crippen molar-refractivity contribution in [2.75, 3.05) is 13.7 Å². The van der Waals surface area contributed by atoms with Gasteiger partial charge in [0, 0.05) is 6.54 Å². The summed E-state index contributed by atoms with van der Waals surface area (Å²) in [5, 5.41) is 8.82. The Hall–Kier alpha value is -1.60. The molecular weight excluding hydrogens is 258 g/mol. The van der Waals surface area contributed by atoms with Crippen molar-refractivity contribution in [3.05, 3.63) is 23.8 Å². The topological polar surface area (TPSA) is 92.7 Å². The van der Waals surface area contributed by atoms with Crippen LogP contribution in [-0.4, -0.2) is 33.1 Å². The number of carboxylic acid groups (broad SMARTS) is 1. The van der Waals surface area contributed by atoms with E-state index < -0.39 is 16.0 Å². The number of aromatic carboxylic acids is 1. The summed E-state index contributed by atoms with van der Waals surface area (Å²) in [5.74, 6) is -1.13. The summed E-state index contributed by atoms with van der Waals surface area (Å²) in [5.41, 5.74) is -0.0266. The largest absolute Gasteiger partial charge is 0.495 e. The van der Waals surface area contributed by atoms with Gasteiger partial charge in [-0.15, -0.1) is 0 Å². The minimum atomic E-state index is -3.68. The van der Waals surface area contributed by atoms with E-state index in [9.17, 15) is 13.2 Å². The highest BCUT2D eigenvalue weighted by Crippen LogP contribution is 2.24. The normalized spacial score (nSPS) is 11.2. The zero-order valence-electron chi connectivity index (χ0n) is 10.1. The van der Waals surface area contributed by atoms with Crippen LogP contribution in [0, 0.1) is 0 Å². The second kappa shape index (κ2) is 5.83. The molecule has 1 aromatic rings. The quantitative estimate of drug-likeness (QED) is 0.809. The first-order chi connectivity index (χ1) is 8.42. The molecule has 2 N–H and O–H groups in total. The van der Waals surface area contributed by atoms with Gasteiger partial charge in [-0.25, -0.2) is 17.9 Å². The molecule has 0 unspecified atom stereocenters. The summed E-state index contributed by atoms with van der Waals surface area (Å²) in [6.45, 7) is 2.15. The van der Waals surface area contributed by atoms with E-state index in [4.69, 9.17) is 9.84 Å². The molecule has 0 amide bonds. The fraction of sp³-hybridized carbons (Fsp3) is 0.364. The SMILES string of the molecule is CCCNS(=O)(=O)c1ccc(C(=O)O)cc1OC. The van der Waals surface area contributed by atoms with Crippen molar-refractivity contribution in [2.24, 2.45) is 0 Å². The van der Waals surface area contributed by atoms with Gasteiger partial charge in [-0.05, 0) is 24.6 Å². The average molecular weight is 273 g/mol. The van der Waals surface area contributed by atoms with Crippen molar-refractivity contribution in [3.8, 4) is 5.75 Å². The maximum atomic E-state index is 11.9. The Morgan fingerprint density at radius 3 is 2.61 bits per heavy atom. The summed E-state index contributed by atoms with van der Waals surface area (Å²) in [6.07, 6.45) is 0.661. The lowest BCUT2D eigenvalue weighted by atomic mass is 10.2. The lowest BCUT2D eigenvalue weighted by Crippen LogP contribution is -2.25. The Balaban J connectivity index is 3.21. The van der Waals surface area contributed by atoms with Crippen LogP contribution in [0.25, 0.3) is 0 Å². The van der Waals surface area contributed by atoms with E-state index in [0.717, 1.165) is 0 Å². The van der Waals surface area contributed by atoms with Crippen LogP contribution >= 0.6 is 0 Å². The van der Waals surface area contributed by atoms with Crippen LogP contribution in [0.3, 0.4) is 0 Å². The van der Waals surface area contributed by atoms with E-state index >= 15 is 0 Å². The molecule has 0 aliphatic heterocycles. The first-order valence-corrected chi connectivity index (χ1v) is 6.81. The maximum absolute atomic E-state index is 11.9. The first kappa shape index (κ1) is 14.5. The van der Waals surface area contributed by atoms with Gasteiger partial charge in [-0.3, -0.25) is 0 Å². The molecule has 7 heteroatoms. The van der Waals surface area contributed by atoms with Crippen LogP contribution in [0.15, 0.2) is 23.1 Å². The summed E-state index contributed by atoms with van der Waals surface area (Å²) >= 11 is 0. The fourth-order valence-corrected chi connectivity index (χ4v) is 2.62. The van der Waals surface area contributed by atoms with Crippen LogP contribution in [0.1, 0.15) is 23.7 Å². The Morgan fingerprint density at radius 2 is 2.11 bits per heavy atom.